The molecule has 0 bridgehead atoms. The second kappa shape index (κ2) is 15.5. The van der Waals surface area contributed by atoms with Gasteiger partial charge in [0.1, 0.15) is 0 Å². The predicted molar refractivity (Wildman–Crippen MR) is 125 cm³/mol. The summed E-state index contributed by atoms with van der Waals surface area (Å²) in [6, 6.07) is 11.7. The van der Waals surface area contributed by atoms with E-state index in [0.29, 0.717) is 0 Å². The van der Waals surface area contributed by atoms with Crippen LogP contribution in [-0.2, 0) is 13.1 Å². The predicted octanol–water partition coefficient (Wildman–Crippen LogP) is 3.32. The van der Waals surface area contributed by atoms with Gasteiger partial charge in [-0.3, -0.25) is 0 Å². The van der Waals surface area contributed by atoms with Crippen LogP contribution in [0, 0.1) is 0 Å². The molecule has 2 aromatic rings. The fourth-order valence-corrected chi connectivity index (χ4v) is 20.2. The third-order valence-corrected chi connectivity index (χ3v) is 22.0. The van der Waals surface area contributed by atoms with E-state index in [1.54, 1.807) is 16.9 Å². The fraction of sp³-hybridized carbons (Fsp3) is 0.640. The number of aryl methyl sites for hydroxylation is 2. The van der Waals surface area contributed by atoms with Crippen LogP contribution in [0.2, 0.25) is 13.3 Å². The number of hydrogen-bond donors (Lipinski definition) is 0. The van der Waals surface area contributed by atoms with Crippen LogP contribution in [0.3, 0.4) is 0 Å². The summed E-state index contributed by atoms with van der Waals surface area (Å²) in [4.78, 5) is 0. The number of nitrogens with zero attached hydrogens (tertiary/aromatic N) is 2. The Morgan fingerprint density at radius 2 is 1.41 bits per heavy atom. The molecular formula is C25H43BrN2Sn. The standard InChI is InChI=1S/C11H20N2.C6H5.2C4H9.BrH.Sn/c1-3-5-6-7-8-13-10-9-12(4-2)11-13;1-2-4-6-5-3-1;2*1-3-4-2;;/h9-11H,1,3-8H2,2H3;1-5H;2*1,3-4H2,2H3;1H;/q+1;;;;;/p-1. The summed E-state index contributed by atoms with van der Waals surface area (Å²) in [5.74, 6) is 0. The van der Waals surface area contributed by atoms with Crippen molar-refractivity contribution in [3.8, 4) is 0 Å². The molecule has 4 heteroatoms. The molecule has 1 heterocycles. The zero-order chi connectivity index (χ0) is 20.1. The molecule has 0 aliphatic heterocycles. The molecule has 0 aliphatic rings. The summed E-state index contributed by atoms with van der Waals surface area (Å²) in [6.45, 7) is 9.17. The van der Waals surface area contributed by atoms with Gasteiger partial charge in [-0.15, -0.1) is 0 Å². The van der Waals surface area contributed by atoms with Crippen molar-refractivity contribution in [2.45, 2.75) is 98.5 Å². The van der Waals surface area contributed by atoms with E-state index in [1.165, 1.54) is 57.9 Å². The first kappa shape index (κ1) is 26.7. The summed E-state index contributed by atoms with van der Waals surface area (Å²) in [6.07, 6.45) is 17.8. The summed E-state index contributed by atoms with van der Waals surface area (Å²) in [5, 5.41) is 0. The van der Waals surface area contributed by atoms with Crippen LogP contribution >= 0.6 is 0 Å². The monoisotopic (exact) mass is 570 g/mol. The van der Waals surface area contributed by atoms with E-state index in [1.807, 2.05) is 0 Å². The van der Waals surface area contributed by atoms with Gasteiger partial charge in [-0.25, -0.2) is 0 Å². The van der Waals surface area contributed by atoms with Crippen LogP contribution in [0.1, 0.15) is 72.1 Å². The van der Waals surface area contributed by atoms with E-state index in [-0.39, 0.29) is 17.0 Å². The molecule has 0 saturated heterocycles. The summed E-state index contributed by atoms with van der Waals surface area (Å²) in [5.41, 5.74) is 0. The van der Waals surface area contributed by atoms with Gasteiger partial charge in [-0.05, 0) is 0 Å². The Labute approximate surface area is 194 Å². The van der Waals surface area contributed by atoms with Crippen molar-refractivity contribution in [1.82, 2.24) is 4.57 Å². The molecule has 0 N–H and O–H groups in total. The Kier molecular flexibility index (Phi) is 14.3. The zero-order valence-electron chi connectivity index (χ0n) is 19.1. The van der Waals surface area contributed by atoms with Gasteiger partial charge in [0.25, 0.3) is 0 Å². The first-order valence-corrected chi connectivity index (χ1v) is 19.3. The minimum Gasteiger partial charge on any atom is -1.00 e. The van der Waals surface area contributed by atoms with Crippen molar-refractivity contribution in [3.05, 3.63) is 49.1 Å². The quantitative estimate of drug-likeness (QED) is 0.177. The average molecular weight is 570 g/mol. The fourth-order valence-electron chi connectivity index (χ4n) is 4.50. The van der Waals surface area contributed by atoms with E-state index in [4.69, 9.17) is 0 Å². The Hall–Kier alpha value is -0.291. The van der Waals surface area contributed by atoms with Gasteiger partial charge < -0.3 is 17.0 Å². The van der Waals surface area contributed by atoms with Crippen molar-refractivity contribution in [2.24, 2.45) is 0 Å². The van der Waals surface area contributed by atoms with Gasteiger partial charge in [0, 0.05) is 0 Å². The smallest absolute Gasteiger partial charge is 1.00 e. The number of benzene rings is 1. The molecule has 0 saturated carbocycles. The molecular weight excluding hydrogens is 527 g/mol. The van der Waals surface area contributed by atoms with E-state index in [2.05, 4.69) is 79.0 Å². The Balaban J connectivity index is 0.00000420. The van der Waals surface area contributed by atoms with Crippen LogP contribution in [0.5, 0.6) is 0 Å². The molecule has 0 aliphatic carbocycles. The average Bonchev–Trinajstić information content (AvgIpc) is 3.21. The maximum absolute atomic E-state index is 2.48. The molecule has 0 amide bonds. The summed E-state index contributed by atoms with van der Waals surface area (Å²) >= 11 is -2.24. The first-order chi connectivity index (χ1) is 13.7. The van der Waals surface area contributed by atoms with Crippen molar-refractivity contribution >= 4 is 22.0 Å². The normalized spacial score (nSPS) is 11.4. The van der Waals surface area contributed by atoms with Crippen molar-refractivity contribution in [1.29, 1.82) is 0 Å². The summed E-state index contributed by atoms with van der Waals surface area (Å²) < 4.78 is 11.1. The molecule has 1 aromatic heterocycles. The molecule has 0 spiro atoms. The topological polar surface area (TPSA) is 8.81 Å². The number of hydrogen-bond acceptors (Lipinski definition) is 0. The van der Waals surface area contributed by atoms with Crippen LogP contribution in [0.15, 0.2) is 49.1 Å². The van der Waals surface area contributed by atoms with E-state index >= 15 is 0 Å². The second-order valence-corrected chi connectivity index (χ2v) is 21.7. The third kappa shape index (κ3) is 9.16. The molecule has 0 fully saturated rings. The number of unbranched alkanes of at least 4 members (excludes halogenated alkanes) is 5. The number of aromatic nitrogens is 2. The molecule has 0 unspecified atom stereocenters. The molecule has 0 atom stereocenters. The Bertz CT molecular complexity index is 633. The summed E-state index contributed by atoms with van der Waals surface area (Å²) in [7, 11) is 0. The van der Waals surface area contributed by atoms with E-state index in [0.717, 1.165) is 6.54 Å². The zero-order valence-corrected chi connectivity index (χ0v) is 23.5. The Morgan fingerprint density at radius 1 is 0.793 bits per heavy atom. The van der Waals surface area contributed by atoms with Gasteiger partial charge in [0.05, 0.1) is 0 Å². The van der Waals surface area contributed by atoms with Crippen LogP contribution in [0.25, 0.3) is 0 Å². The SMILES string of the molecule is CCC[CH2][Sn]([CH2]CCC)([CH2]CCCCC[n+]1ccn(CC)c1)[c]1ccccc1.[Br-]. The van der Waals surface area contributed by atoms with Crippen molar-refractivity contribution in [3.63, 3.8) is 0 Å². The van der Waals surface area contributed by atoms with Crippen LogP contribution in [0.4, 0.5) is 0 Å². The number of rotatable bonds is 15. The number of imidazole rings is 1. The molecule has 2 nitrogen and oxygen atoms in total. The minimum atomic E-state index is -2.24. The maximum Gasteiger partial charge on any atom is -1.00 e. The maximum atomic E-state index is 2.48. The molecule has 29 heavy (non-hydrogen) atoms. The molecule has 0 radical (unpaired) electrons. The van der Waals surface area contributed by atoms with Crippen molar-refractivity contribution < 1.29 is 21.5 Å². The van der Waals surface area contributed by atoms with E-state index in [9.17, 15) is 0 Å². The van der Waals surface area contributed by atoms with Crippen LogP contribution in [-0.4, -0.2) is 22.9 Å². The largest absolute Gasteiger partial charge is 1.00 e. The van der Waals surface area contributed by atoms with Gasteiger partial charge in [0.15, 0.2) is 0 Å². The minimum absolute atomic E-state index is 0. The Morgan fingerprint density at radius 3 is 2.00 bits per heavy atom. The van der Waals surface area contributed by atoms with Gasteiger partial charge >= 0.3 is 179 Å². The third-order valence-electron chi connectivity index (χ3n) is 6.34. The number of halogens is 1. The molecule has 2 rings (SSSR count). The van der Waals surface area contributed by atoms with Crippen LogP contribution < -0.4 is 25.1 Å². The molecule has 164 valence electrons. The van der Waals surface area contributed by atoms with E-state index < -0.39 is 18.4 Å². The van der Waals surface area contributed by atoms with Gasteiger partial charge in [-0.1, -0.05) is 0 Å². The van der Waals surface area contributed by atoms with Gasteiger partial charge in [0.2, 0.25) is 0 Å². The molecule has 1 aromatic carbocycles. The van der Waals surface area contributed by atoms with Gasteiger partial charge in [-0.2, -0.15) is 0 Å². The van der Waals surface area contributed by atoms with Crippen molar-refractivity contribution in [2.75, 3.05) is 0 Å². The first-order valence-electron chi connectivity index (χ1n) is 11.8. The second-order valence-electron chi connectivity index (χ2n) is 8.50.